The molecule has 0 atom stereocenters. The zero-order chi connectivity index (χ0) is 12.3. The van der Waals surface area contributed by atoms with Crippen molar-refractivity contribution in [1.29, 1.82) is 0 Å². The Kier molecular flexibility index (Phi) is 4.02. The van der Waals surface area contributed by atoms with Crippen molar-refractivity contribution in [3.63, 3.8) is 0 Å². The van der Waals surface area contributed by atoms with Crippen LogP contribution in [-0.4, -0.2) is 19.1 Å². The Morgan fingerprint density at radius 3 is 2.94 bits per heavy atom. The van der Waals surface area contributed by atoms with Crippen LogP contribution in [0.15, 0.2) is 33.7 Å². The van der Waals surface area contributed by atoms with Gasteiger partial charge in [0.05, 0.1) is 21.4 Å². The first-order valence-electron chi connectivity index (χ1n) is 5.25. The van der Waals surface area contributed by atoms with Crippen LogP contribution in [0.4, 0.5) is 11.4 Å². The van der Waals surface area contributed by atoms with Crippen LogP contribution in [0, 0.1) is 0 Å². The highest BCUT2D eigenvalue weighted by Crippen LogP contribution is 2.25. The van der Waals surface area contributed by atoms with E-state index in [0.717, 1.165) is 21.7 Å². The smallest absolute Gasteiger partial charge is 0.0766 e. The van der Waals surface area contributed by atoms with Crippen molar-refractivity contribution in [3.8, 4) is 0 Å². The molecule has 2 aromatic heterocycles. The Morgan fingerprint density at radius 2 is 2.29 bits per heavy atom. The number of halogens is 1. The Hall–Kier alpha value is -1.07. The van der Waals surface area contributed by atoms with Crippen molar-refractivity contribution in [1.82, 2.24) is 4.98 Å². The monoisotopic (exact) mass is 311 g/mol. The highest BCUT2D eigenvalue weighted by molar-refractivity contribution is 9.11. The third kappa shape index (κ3) is 3.20. The molecule has 3 nitrogen and oxygen atoms in total. The van der Waals surface area contributed by atoms with Crippen molar-refractivity contribution in [2.75, 3.05) is 24.3 Å². The summed E-state index contributed by atoms with van der Waals surface area (Å²) in [5, 5.41) is 5.55. The highest BCUT2D eigenvalue weighted by atomic mass is 79.9. The van der Waals surface area contributed by atoms with Crippen LogP contribution >= 0.6 is 27.3 Å². The number of hydrogen-bond donors (Lipinski definition) is 1. The predicted octanol–water partition coefficient (Wildman–Crippen LogP) is 3.58. The van der Waals surface area contributed by atoms with E-state index in [-0.39, 0.29) is 0 Å². The fourth-order valence-corrected chi connectivity index (χ4v) is 2.76. The molecule has 0 spiro atoms. The van der Waals surface area contributed by atoms with E-state index in [9.17, 15) is 0 Å². The molecule has 0 bridgehead atoms. The third-order valence-corrected chi connectivity index (χ3v) is 3.94. The average molecular weight is 312 g/mol. The van der Waals surface area contributed by atoms with Gasteiger partial charge < -0.3 is 10.2 Å². The van der Waals surface area contributed by atoms with Crippen LogP contribution < -0.4 is 10.2 Å². The lowest BCUT2D eigenvalue weighted by atomic mass is 10.3. The van der Waals surface area contributed by atoms with Gasteiger partial charge in [-0.3, -0.25) is 4.98 Å². The first kappa shape index (κ1) is 12.4. The molecule has 0 saturated carbocycles. The number of rotatable bonds is 4. The van der Waals surface area contributed by atoms with Crippen LogP contribution in [0.5, 0.6) is 0 Å². The molecule has 0 radical (unpaired) electrons. The van der Waals surface area contributed by atoms with Gasteiger partial charge in [0.15, 0.2) is 0 Å². The molecule has 0 fully saturated rings. The number of aromatic nitrogens is 1. The molecule has 90 valence electrons. The molecule has 0 aromatic carbocycles. The van der Waals surface area contributed by atoms with Crippen molar-refractivity contribution in [2.24, 2.45) is 0 Å². The van der Waals surface area contributed by atoms with Crippen LogP contribution in [0.3, 0.4) is 0 Å². The molecule has 0 amide bonds. The maximum Gasteiger partial charge on any atom is 0.0766 e. The second kappa shape index (κ2) is 5.51. The molecule has 2 rings (SSSR count). The van der Waals surface area contributed by atoms with E-state index in [4.69, 9.17) is 0 Å². The van der Waals surface area contributed by atoms with Gasteiger partial charge in [0.25, 0.3) is 0 Å². The highest BCUT2D eigenvalue weighted by Gasteiger charge is 2.04. The minimum Gasteiger partial charge on any atom is -0.378 e. The van der Waals surface area contributed by atoms with E-state index in [0.29, 0.717) is 0 Å². The number of thiophene rings is 1. The lowest BCUT2D eigenvalue weighted by Crippen LogP contribution is -2.12. The summed E-state index contributed by atoms with van der Waals surface area (Å²) in [7, 11) is 4.06. The molecular weight excluding hydrogens is 298 g/mol. The largest absolute Gasteiger partial charge is 0.378 e. The van der Waals surface area contributed by atoms with Crippen LogP contribution in [0.2, 0.25) is 0 Å². The normalized spacial score (nSPS) is 10.3. The summed E-state index contributed by atoms with van der Waals surface area (Å²) in [5.41, 5.74) is 3.48. The fraction of sp³-hybridized carbons (Fsp3) is 0.250. The fourth-order valence-electron chi connectivity index (χ4n) is 1.55. The number of hydrogen-bond acceptors (Lipinski definition) is 4. The Balaban J connectivity index is 2.08. The lowest BCUT2D eigenvalue weighted by molar-refractivity contribution is 1.09. The van der Waals surface area contributed by atoms with E-state index >= 15 is 0 Å². The molecule has 2 aromatic rings. The molecule has 0 saturated heterocycles. The van der Waals surface area contributed by atoms with Crippen LogP contribution in [-0.2, 0) is 6.54 Å². The van der Waals surface area contributed by atoms with Crippen molar-refractivity contribution >= 4 is 38.6 Å². The third-order valence-electron chi connectivity index (χ3n) is 2.38. The zero-order valence-corrected chi connectivity index (χ0v) is 12.2. The molecule has 5 heteroatoms. The zero-order valence-electron chi connectivity index (χ0n) is 9.77. The summed E-state index contributed by atoms with van der Waals surface area (Å²) in [6, 6.07) is 4.13. The second-order valence-electron chi connectivity index (χ2n) is 3.90. The molecular formula is C12H14BrN3S. The maximum atomic E-state index is 4.15. The standard InChI is InChI=1S/C12H14BrN3S/c1-16(2)11-3-4-14-7-10(11)15-6-9-5-12(13)17-8-9/h3-5,7-8,15H,6H2,1-2H3. The summed E-state index contributed by atoms with van der Waals surface area (Å²) in [5.74, 6) is 0. The van der Waals surface area contributed by atoms with Gasteiger partial charge in [-0.05, 0) is 39.0 Å². The first-order chi connectivity index (χ1) is 8.16. The van der Waals surface area contributed by atoms with Gasteiger partial charge in [-0.25, -0.2) is 0 Å². The Bertz CT molecular complexity index is 496. The first-order valence-corrected chi connectivity index (χ1v) is 6.92. The molecule has 0 aliphatic carbocycles. The van der Waals surface area contributed by atoms with Crippen LogP contribution in [0.1, 0.15) is 5.56 Å². The summed E-state index contributed by atoms with van der Waals surface area (Å²) in [4.78, 5) is 6.23. The number of anilines is 2. The minimum atomic E-state index is 0.814. The maximum absolute atomic E-state index is 4.15. The van der Waals surface area contributed by atoms with Crippen LogP contribution in [0.25, 0.3) is 0 Å². The SMILES string of the molecule is CN(C)c1ccncc1NCc1csc(Br)c1. The molecule has 2 heterocycles. The molecule has 1 N–H and O–H groups in total. The number of nitrogens with one attached hydrogen (secondary N) is 1. The number of nitrogens with zero attached hydrogens (tertiary/aromatic N) is 2. The van der Waals surface area contributed by atoms with E-state index in [1.54, 1.807) is 11.3 Å². The Labute approximate surface area is 114 Å². The summed E-state index contributed by atoms with van der Waals surface area (Å²) in [6.45, 7) is 0.814. The van der Waals surface area contributed by atoms with Gasteiger partial charge in [-0.2, -0.15) is 0 Å². The molecule has 0 unspecified atom stereocenters. The van der Waals surface area contributed by atoms with E-state index in [1.807, 2.05) is 32.6 Å². The summed E-state index contributed by atoms with van der Waals surface area (Å²) in [6.07, 6.45) is 3.67. The van der Waals surface area contributed by atoms with Gasteiger partial charge >= 0.3 is 0 Å². The molecule has 0 aliphatic heterocycles. The quantitative estimate of drug-likeness (QED) is 0.935. The molecule has 17 heavy (non-hydrogen) atoms. The summed E-state index contributed by atoms with van der Waals surface area (Å²) < 4.78 is 1.16. The molecule has 0 aliphatic rings. The second-order valence-corrected chi connectivity index (χ2v) is 6.19. The Morgan fingerprint density at radius 1 is 1.47 bits per heavy atom. The summed E-state index contributed by atoms with van der Waals surface area (Å²) >= 11 is 5.17. The van der Waals surface area contributed by atoms with Crippen molar-refractivity contribution < 1.29 is 0 Å². The van der Waals surface area contributed by atoms with Gasteiger partial charge in [-0.1, -0.05) is 0 Å². The lowest BCUT2D eigenvalue weighted by Gasteiger charge is -2.17. The van der Waals surface area contributed by atoms with E-state index < -0.39 is 0 Å². The van der Waals surface area contributed by atoms with Gasteiger partial charge in [0, 0.05) is 26.8 Å². The number of pyridine rings is 1. The topological polar surface area (TPSA) is 28.2 Å². The minimum absolute atomic E-state index is 0.814. The van der Waals surface area contributed by atoms with E-state index in [2.05, 4.69) is 42.6 Å². The van der Waals surface area contributed by atoms with Crippen molar-refractivity contribution in [3.05, 3.63) is 39.3 Å². The van der Waals surface area contributed by atoms with Gasteiger partial charge in [-0.15, -0.1) is 11.3 Å². The van der Waals surface area contributed by atoms with E-state index in [1.165, 1.54) is 5.56 Å². The average Bonchev–Trinajstić information content (AvgIpc) is 2.73. The van der Waals surface area contributed by atoms with Crippen molar-refractivity contribution in [2.45, 2.75) is 6.54 Å². The van der Waals surface area contributed by atoms with Gasteiger partial charge in [0.1, 0.15) is 0 Å². The predicted molar refractivity (Wildman–Crippen MR) is 77.9 cm³/mol. The van der Waals surface area contributed by atoms with Gasteiger partial charge in [0.2, 0.25) is 0 Å².